The molecule has 0 unspecified atom stereocenters. The molecular weight excluding hydrogens is 454 g/mol. The van der Waals surface area contributed by atoms with Crippen LogP contribution in [0.1, 0.15) is 24.0 Å². The van der Waals surface area contributed by atoms with Gasteiger partial charge in [-0.2, -0.15) is 4.31 Å². The quantitative estimate of drug-likeness (QED) is 0.348. The van der Waals surface area contributed by atoms with Crippen LogP contribution >= 0.6 is 0 Å². The predicted octanol–water partition coefficient (Wildman–Crippen LogP) is -0.215. The van der Waals surface area contributed by atoms with E-state index in [1.807, 2.05) is 0 Å². The topological polar surface area (TPSA) is 165 Å². The van der Waals surface area contributed by atoms with E-state index in [9.17, 15) is 27.9 Å². The Morgan fingerprint density at radius 3 is 2.42 bits per heavy atom. The molecule has 1 atom stereocenters. The average molecular weight is 476 g/mol. The molecular formula is C21H22N3O8S-. The molecule has 0 aliphatic carbocycles. The summed E-state index contributed by atoms with van der Waals surface area (Å²) in [5.41, 5.74) is 3.09. The number of carboxylic acids is 1. The number of hydrogen-bond donors (Lipinski definition) is 3. The third-order valence-corrected chi connectivity index (χ3v) is 7.08. The summed E-state index contributed by atoms with van der Waals surface area (Å²) in [4.78, 5) is 34.7. The van der Waals surface area contributed by atoms with E-state index in [4.69, 9.17) is 9.94 Å². The summed E-state index contributed by atoms with van der Waals surface area (Å²) in [6, 6.07) is 9.24. The Morgan fingerprint density at radius 1 is 1.12 bits per heavy atom. The van der Waals surface area contributed by atoms with Crippen molar-refractivity contribution >= 4 is 33.5 Å². The molecule has 12 heteroatoms. The van der Waals surface area contributed by atoms with Crippen molar-refractivity contribution in [3.05, 3.63) is 53.6 Å². The molecule has 0 spiro atoms. The summed E-state index contributed by atoms with van der Waals surface area (Å²) in [6.07, 6.45) is -0.700. The number of anilines is 1. The lowest BCUT2D eigenvalue weighted by atomic mass is 9.95. The summed E-state index contributed by atoms with van der Waals surface area (Å²) in [7, 11) is -2.70. The number of aliphatic carboxylic acids is 1. The van der Waals surface area contributed by atoms with E-state index in [1.54, 1.807) is 18.2 Å². The standard InChI is InChI=1S/C21H23N3O8S/c1-32-16-4-6-17(7-5-16)33(30,31)24-12-14-10-15(22-19(25)8-9-20(26)27)3-2-13(14)11-18(24)21(28)23-29/h2-7,10,18,29H,8-9,11-12H2,1H3,(H,22,25)(H,23,28)(H,26,27)/p-1/t18-/m1/s1. The maximum absolute atomic E-state index is 13.3. The third-order valence-electron chi connectivity index (χ3n) is 5.21. The van der Waals surface area contributed by atoms with Gasteiger partial charge in [-0.25, -0.2) is 13.9 Å². The van der Waals surface area contributed by atoms with Gasteiger partial charge in [-0.15, -0.1) is 0 Å². The van der Waals surface area contributed by atoms with Gasteiger partial charge in [-0.1, -0.05) is 6.07 Å². The molecule has 1 aliphatic heterocycles. The molecule has 3 N–H and O–H groups in total. The van der Waals surface area contributed by atoms with Crippen molar-refractivity contribution in [1.82, 2.24) is 9.79 Å². The van der Waals surface area contributed by atoms with Gasteiger partial charge in [-0.05, 0) is 60.4 Å². The fraction of sp³-hybridized carbons (Fsp3) is 0.286. The number of carbonyl (C=O) groups excluding carboxylic acids is 3. The summed E-state index contributed by atoms with van der Waals surface area (Å²) >= 11 is 0. The highest BCUT2D eigenvalue weighted by Crippen LogP contribution is 2.31. The van der Waals surface area contributed by atoms with Crippen LogP contribution in [0.25, 0.3) is 0 Å². The smallest absolute Gasteiger partial charge is 0.262 e. The Hall–Kier alpha value is -3.48. The maximum Gasteiger partial charge on any atom is 0.262 e. The molecule has 11 nitrogen and oxygen atoms in total. The molecule has 33 heavy (non-hydrogen) atoms. The zero-order valence-electron chi connectivity index (χ0n) is 17.6. The van der Waals surface area contributed by atoms with Crippen molar-refractivity contribution in [3.63, 3.8) is 0 Å². The van der Waals surface area contributed by atoms with Crippen LogP contribution in [0.15, 0.2) is 47.4 Å². The second-order valence-electron chi connectivity index (χ2n) is 7.33. The van der Waals surface area contributed by atoms with Crippen LogP contribution in [0.4, 0.5) is 5.69 Å². The van der Waals surface area contributed by atoms with Crippen molar-refractivity contribution in [2.75, 3.05) is 12.4 Å². The number of hydrogen-bond acceptors (Lipinski definition) is 8. The molecule has 176 valence electrons. The minimum atomic E-state index is -4.14. The lowest BCUT2D eigenvalue weighted by Gasteiger charge is -2.34. The fourth-order valence-electron chi connectivity index (χ4n) is 3.51. The molecule has 0 saturated heterocycles. The summed E-state index contributed by atoms with van der Waals surface area (Å²) in [5, 5.41) is 22.2. The molecule has 2 amide bonds. The van der Waals surface area contributed by atoms with Crippen LogP contribution in [0.2, 0.25) is 0 Å². The number of sulfonamides is 1. The van der Waals surface area contributed by atoms with Crippen molar-refractivity contribution in [1.29, 1.82) is 0 Å². The number of nitrogens with zero attached hydrogens (tertiary/aromatic N) is 1. The largest absolute Gasteiger partial charge is 0.550 e. The normalized spacial score (nSPS) is 15.9. The Bertz CT molecular complexity index is 1160. The number of hydroxylamine groups is 1. The van der Waals surface area contributed by atoms with Gasteiger partial charge >= 0.3 is 0 Å². The number of carboxylic acid groups (broad SMARTS) is 1. The van der Waals surface area contributed by atoms with E-state index in [0.29, 0.717) is 22.6 Å². The van der Waals surface area contributed by atoms with Gasteiger partial charge in [0.25, 0.3) is 5.91 Å². The minimum absolute atomic E-state index is 0.00395. The maximum atomic E-state index is 13.3. The van der Waals surface area contributed by atoms with E-state index in [0.717, 1.165) is 4.31 Å². The molecule has 3 rings (SSSR count). The molecule has 0 fully saturated rings. The molecule has 2 aromatic rings. The molecule has 1 heterocycles. The zero-order valence-corrected chi connectivity index (χ0v) is 18.4. The van der Waals surface area contributed by atoms with Gasteiger partial charge in [0, 0.05) is 24.6 Å². The Labute approximate surface area is 190 Å². The zero-order chi connectivity index (χ0) is 24.2. The Kier molecular flexibility index (Phi) is 7.31. The van der Waals surface area contributed by atoms with Gasteiger partial charge in [0.2, 0.25) is 15.9 Å². The number of fused-ring (bicyclic) bond motifs is 1. The third kappa shape index (κ3) is 5.48. The first kappa shape index (κ1) is 24.2. The molecule has 1 aliphatic rings. The van der Waals surface area contributed by atoms with Gasteiger partial charge in [0.15, 0.2) is 0 Å². The number of ether oxygens (including phenoxy) is 1. The van der Waals surface area contributed by atoms with Crippen LogP contribution in [0, 0.1) is 0 Å². The highest BCUT2D eigenvalue weighted by Gasteiger charge is 2.39. The summed E-state index contributed by atoms with van der Waals surface area (Å²) < 4.78 is 32.7. The number of nitrogens with one attached hydrogen (secondary N) is 2. The lowest BCUT2D eigenvalue weighted by molar-refractivity contribution is -0.305. The molecule has 0 bridgehead atoms. The molecule has 0 aromatic heterocycles. The number of rotatable bonds is 8. The molecule has 0 radical (unpaired) electrons. The average Bonchev–Trinajstić information content (AvgIpc) is 2.81. The predicted molar refractivity (Wildman–Crippen MR) is 112 cm³/mol. The van der Waals surface area contributed by atoms with Gasteiger partial charge in [-0.3, -0.25) is 14.8 Å². The van der Waals surface area contributed by atoms with Crippen molar-refractivity contribution in [3.8, 4) is 5.75 Å². The Morgan fingerprint density at radius 2 is 1.82 bits per heavy atom. The molecule has 0 saturated carbocycles. The first-order chi connectivity index (χ1) is 15.6. The summed E-state index contributed by atoms with van der Waals surface area (Å²) in [5.74, 6) is -2.29. The first-order valence-electron chi connectivity index (χ1n) is 9.87. The van der Waals surface area contributed by atoms with Crippen LogP contribution in [0.3, 0.4) is 0 Å². The summed E-state index contributed by atoms with van der Waals surface area (Å²) in [6.45, 7) is -0.190. The highest BCUT2D eigenvalue weighted by molar-refractivity contribution is 7.89. The fourth-order valence-corrected chi connectivity index (χ4v) is 5.08. The van der Waals surface area contributed by atoms with Crippen molar-refractivity contribution < 1.29 is 37.9 Å². The first-order valence-corrected chi connectivity index (χ1v) is 11.3. The number of methoxy groups -OCH3 is 1. The van der Waals surface area contributed by atoms with Crippen molar-refractivity contribution in [2.24, 2.45) is 0 Å². The second kappa shape index (κ2) is 9.98. The molecule has 2 aromatic carbocycles. The van der Waals surface area contributed by atoms with Gasteiger partial charge < -0.3 is 20.0 Å². The van der Waals surface area contributed by atoms with E-state index in [2.05, 4.69) is 5.32 Å². The monoisotopic (exact) mass is 476 g/mol. The lowest BCUT2D eigenvalue weighted by Crippen LogP contribution is -2.51. The van der Waals surface area contributed by atoms with Crippen LogP contribution in [-0.2, 0) is 37.4 Å². The highest BCUT2D eigenvalue weighted by atomic mass is 32.2. The van der Waals surface area contributed by atoms with Crippen molar-refractivity contribution in [2.45, 2.75) is 36.7 Å². The SMILES string of the molecule is COc1ccc(S(=O)(=O)N2Cc3cc(NC(=O)CCC(=O)[O-])ccc3C[C@@H]2C(=O)NO)cc1. The number of carbonyl (C=O) groups is 3. The van der Waals surface area contributed by atoms with E-state index in [-0.39, 0.29) is 24.3 Å². The van der Waals surface area contributed by atoms with E-state index >= 15 is 0 Å². The van der Waals surface area contributed by atoms with Gasteiger partial charge in [0.1, 0.15) is 11.8 Å². The van der Waals surface area contributed by atoms with Crippen LogP contribution < -0.4 is 20.6 Å². The van der Waals surface area contributed by atoms with E-state index < -0.39 is 40.3 Å². The Balaban J connectivity index is 1.91. The van der Waals surface area contributed by atoms with E-state index in [1.165, 1.54) is 36.9 Å². The van der Waals surface area contributed by atoms with Crippen LogP contribution in [-0.4, -0.2) is 48.9 Å². The minimum Gasteiger partial charge on any atom is -0.550 e. The number of benzene rings is 2. The second-order valence-corrected chi connectivity index (χ2v) is 9.22. The van der Waals surface area contributed by atoms with Gasteiger partial charge in [0.05, 0.1) is 12.0 Å². The number of amides is 2. The van der Waals surface area contributed by atoms with Crippen LogP contribution in [0.5, 0.6) is 5.75 Å².